The minimum Gasteiger partial charge on any atom is -0.383 e. The molecule has 3 aromatic rings. The molecule has 5 heteroatoms. The molecule has 0 aliphatic heterocycles. The van der Waals surface area contributed by atoms with Crippen molar-refractivity contribution in [3.8, 4) is 0 Å². The van der Waals surface area contributed by atoms with E-state index in [1.165, 1.54) is 0 Å². The number of aryl methyl sites for hydroxylation is 1. The van der Waals surface area contributed by atoms with Crippen molar-refractivity contribution in [2.45, 2.75) is 19.9 Å². The summed E-state index contributed by atoms with van der Waals surface area (Å²) in [6, 6.07) is 19.9. The summed E-state index contributed by atoms with van der Waals surface area (Å²) in [6.07, 6.45) is 2.29. The first-order valence-electron chi connectivity index (χ1n) is 8.24. The van der Waals surface area contributed by atoms with Crippen molar-refractivity contribution in [1.82, 2.24) is 4.98 Å². The Kier molecular flexibility index (Phi) is 6.75. The van der Waals surface area contributed by atoms with Gasteiger partial charge in [0.1, 0.15) is 5.84 Å². The highest BCUT2D eigenvalue weighted by Crippen LogP contribution is 2.12. The van der Waals surface area contributed by atoms with E-state index in [2.05, 4.69) is 9.98 Å². The predicted molar refractivity (Wildman–Crippen MR) is 109 cm³/mol. The fraction of sp³-hybridized carbons (Fsp3) is 0.143. The van der Waals surface area contributed by atoms with E-state index in [-0.39, 0.29) is 23.8 Å². The Morgan fingerprint density at radius 2 is 1.69 bits per heavy atom. The molecule has 1 aromatic heterocycles. The number of aromatic amines is 1. The molecule has 0 bridgehead atoms. The summed E-state index contributed by atoms with van der Waals surface area (Å²) in [5, 5.41) is 0. The number of hydrogen-bond donors (Lipinski definition) is 2. The molecule has 0 saturated carbocycles. The highest BCUT2D eigenvalue weighted by molar-refractivity contribution is 5.98. The molecule has 1 heterocycles. The Bertz CT molecular complexity index is 949. The second kappa shape index (κ2) is 9.02. The van der Waals surface area contributed by atoms with Gasteiger partial charge in [-0.15, -0.1) is 12.4 Å². The number of nitrogens with two attached hydrogens (primary N) is 1. The Hall–Kier alpha value is -2.85. The zero-order valence-corrected chi connectivity index (χ0v) is 15.4. The van der Waals surface area contributed by atoms with Crippen molar-refractivity contribution >= 4 is 18.2 Å². The van der Waals surface area contributed by atoms with Crippen LogP contribution in [-0.2, 0) is 13.0 Å². The summed E-state index contributed by atoms with van der Waals surface area (Å²) in [6.45, 7) is 2.49. The molecule has 0 radical (unpaired) electrons. The number of hydrogen-bond acceptors (Lipinski definition) is 2. The Labute approximate surface area is 159 Å². The van der Waals surface area contributed by atoms with Gasteiger partial charge in [-0.1, -0.05) is 54.6 Å². The van der Waals surface area contributed by atoms with Crippen molar-refractivity contribution < 1.29 is 0 Å². The van der Waals surface area contributed by atoms with Crippen LogP contribution in [0, 0.1) is 6.92 Å². The Morgan fingerprint density at radius 3 is 2.42 bits per heavy atom. The van der Waals surface area contributed by atoms with Crippen LogP contribution in [0.15, 0.2) is 76.6 Å². The van der Waals surface area contributed by atoms with E-state index in [4.69, 9.17) is 5.73 Å². The van der Waals surface area contributed by atoms with Crippen LogP contribution < -0.4 is 11.3 Å². The number of halogens is 1. The fourth-order valence-corrected chi connectivity index (χ4v) is 2.80. The van der Waals surface area contributed by atoms with Crippen LogP contribution in [-0.4, -0.2) is 10.8 Å². The average molecular weight is 368 g/mol. The first-order valence-corrected chi connectivity index (χ1v) is 8.24. The largest absolute Gasteiger partial charge is 0.383 e. The summed E-state index contributed by atoms with van der Waals surface area (Å²) in [4.78, 5) is 19.5. The van der Waals surface area contributed by atoms with Gasteiger partial charge in [0.25, 0.3) is 5.56 Å². The monoisotopic (exact) mass is 367 g/mol. The molecule has 0 saturated heterocycles. The molecule has 26 heavy (non-hydrogen) atoms. The zero-order valence-electron chi connectivity index (χ0n) is 14.6. The average Bonchev–Trinajstić information content (AvgIpc) is 2.62. The second-order valence-electron chi connectivity index (χ2n) is 6.00. The highest BCUT2D eigenvalue weighted by Gasteiger charge is 2.12. The molecule has 0 spiro atoms. The van der Waals surface area contributed by atoms with Gasteiger partial charge < -0.3 is 10.7 Å². The van der Waals surface area contributed by atoms with Crippen molar-refractivity contribution in [3.63, 3.8) is 0 Å². The van der Waals surface area contributed by atoms with Crippen LogP contribution in [0.5, 0.6) is 0 Å². The maximum atomic E-state index is 12.3. The fourth-order valence-electron chi connectivity index (χ4n) is 2.80. The summed E-state index contributed by atoms with van der Waals surface area (Å²) >= 11 is 0. The zero-order chi connectivity index (χ0) is 17.6. The summed E-state index contributed by atoms with van der Waals surface area (Å²) < 4.78 is 0. The molecule has 2 aromatic carbocycles. The second-order valence-corrected chi connectivity index (χ2v) is 6.00. The first kappa shape index (κ1) is 19.5. The number of amidine groups is 1. The van der Waals surface area contributed by atoms with E-state index in [1.807, 2.05) is 67.6 Å². The summed E-state index contributed by atoms with van der Waals surface area (Å²) in [7, 11) is 0. The third-order valence-electron chi connectivity index (χ3n) is 4.22. The van der Waals surface area contributed by atoms with E-state index in [0.717, 1.165) is 22.3 Å². The number of nitrogens with zero attached hydrogens (tertiary/aromatic N) is 1. The molecule has 134 valence electrons. The number of aromatic nitrogens is 1. The SMILES string of the molecule is Cc1ccccc1CN=C(N)c1c(Cc2ccccc2)cc[nH]c1=O.Cl. The van der Waals surface area contributed by atoms with Crippen LogP contribution in [0.3, 0.4) is 0 Å². The van der Waals surface area contributed by atoms with Crippen LogP contribution in [0.25, 0.3) is 0 Å². The molecule has 3 rings (SSSR count). The number of benzene rings is 2. The lowest BCUT2D eigenvalue weighted by molar-refractivity contribution is 1.03. The molecule has 0 atom stereocenters. The van der Waals surface area contributed by atoms with Gasteiger partial charge in [0.15, 0.2) is 0 Å². The van der Waals surface area contributed by atoms with E-state index in [1.54, 1.807) is 6.20 Å². The van der Waals surface area contributed by atoms with Crippen molar-refractivity contribution in [2.24, 2.45) is 10.7 Å². The highest BCUT2D eigenvalue weighted by atomic mass is 35.5. The van der Waals surface area contributed by atoms with E-state index in [9.17, 15) is 4.79 Å². The minimum absolute atomic E-state index is 0. The smallest absolute Gasteiger partial charge is 0.259 e. The number of pyridine rings is 1. The summed E-state index contributed by atoms with van der Waals surface area (Å²) in [5.74, 6) is 0.274. The van der Waals surface area contributed by atoms with Gasteiger partial charge >= 0.3 is 0 Å². The summed E-state index contributed by atoms with van der Waals surface area (Å²) in [5.41, 5.74) is 10.7. The topological polar surface area (TPSA) is 71.2 Å². The van der Waals surface area contributed by atoms with Gasteiger partial charge in [-0.2, -0.15) is 0 Å². The van der Waals surface area contributed by atoms with Crippen LogP contribution in [0.4, 0.5) is 0 Å². The van der Waals surface area contributed by atoms with Crippen LogP contribution >= 0.6 is 12.4 Å². The lowest BCUT2D eigenvalue weighted by Gasteiger charge is -2.09. The molecule has 4 nitrogen and oxygen atoms in total. The van der Waals surface area contributed by atoms with Gasteiger partial charge in [0.05, 0.1) is 12.1 Å². The van der Waals surface area contributed by atoms with Crippen LogP contribution in [0.1, 0.15) is 27.8 Å². The minimum atomic E-state index is -0.209. The number of H-pyrrole nitrogens is 1. The van der Waals surface area contributed by atoms with Gasteiger partial charge in [-0.3, -0.25) is 9.79 Å². The molecule has 3 N–H and O–H groups in total. The molecule has 0 aliphatic carbocycles. The van der Waals surface area contributed by atoms with Gasteiger partial charge in [0.2, 0.25) is 0 Å². The quantitative estimate of drug-likeness (QED) is 0.534. The molecular weight excluding hydrogens is 346 g/mol. The molecule has 0 unspecified atom stereocenters. The Morgan fingerprint density at radius 1 is 1.00 bits per heavy atom. The van der Waals surface area contributed by atoms with E-state index < -0.39 is 0 Å². The lowest BCUT2D eigenvalue weighted by Crippen LogP contribution is -2.27. The molecule has 0 amide bonds. The number of rotatable bonds is 5. The lowest BCUT2D eigenvalue weighted by atomic mass is 10.0. The standard InChI is InChI=1S/C21H21N3O.ClH/c1-15-7-5-6-10-18(15)14-24-20(22)19-17(11-12-23-21(19)25)13-16-8-3-2-4-9-16;/h2-12H,13-14H2,1H3,(H2,22,24)(H,23,25);1H. The molecular formula is C21H22ClN3O. The van der Waals surface area contributed by atoms with E-state index in [0.29, 0.717) is 18.5 Å². The van der Waals surface area contributed by atoms with Crippen molar-refractivity contribution in [2.75, 3.05) is 0 Å². The normalized spacial score (nSPS) is 11.0. The first-order chi connectivity index (χ1) is 12.1. The maximum absolute atomic E-state index is 12.3. The third kappa shape index (κ3) is 4.61. The Balaban J connectivity index is 0.00000243. The van der Waals surface area contributed by atoms with Gasteiger partial charge in [-0.05, 0) is 41.7 Å². The number of nitrogens with one attached hydrogen (secondary N) is 1. The predicted octanol–water partition coefficient (Wildman–Crippen LogP) is 3.60. The van der Waals surface area contributed by atoms with Gasteiger partial charge in [-0.25, -0.2) is 0 Å². The van der Waals surface area contributed by atoms with Crippen molar-refractivity contribution in [3.05, 3.63) is 105 Å². The maximum Gasteiger partial charge on any atom is 0.259 e. The van der Waals surface area contributed by atoms with Crippen molar-refractivity contribution in [1.29, 1.82) is 0 Å². The molecule has 0 fully saturated rings. The third-order valence-corrected chi connectivity index (χ3v) is 4.22. The molecule has 0 aliphatic rings. The van der Waals surface area contributed by atoms with E-state index >= 15 is 0 Å². The number of aliphatic imine (C=N–C) groups is 1. The van der Waals surface area contributed by atoms with Gasteiger partial charge in [0, 0.05) is 6.20 Å². The van der Waals surface area contributed by atoms with Crippen LogP contribution in [0.2, 0.25) is 0 Å².